The molecule has 0 radical (unpaired) electrons. The van der Waals surface area contributed by atoms with Crippen LogP contribution in [0, 0.1) is 40.3 Å². The lowest BCUT2D eigenvalue weighted by molar-refractivity contribution is -0.143. The number of rotatable bonds is 11. The number of carbonyl (C=O) groups is 3. The summed E-state index contributed by atoms with van der Waals surface area (Å²) in [5.74, 6) is 5.47. The van der Waals surface area contributed by atoms with Crippen LogP contribution in [-0.2, 0) is 25.1 Å². The number of likely N-dealkylation sites (N-methyl/N-ethyl adjacent to an activating group) is 1. The van der Waals surface area contributed by atoms with Crippen LogP contribution in [-0.4, -0.2) is 104 Å². The maximum absolute atomic E-state index is 18.7. The highest BCUT2D eigenvalue weighted by atomic mass is 28.4. The number of anilines is 1. The van der Waals surface area contributed by atoms with Crippen molar-refractivity contribution in [2.24, 2.45) is 11.3 Å². The van der Waals surface area contributed by atoms with Gasteiger partial charge in [0, 0.05) is 35.9 Å². The zero-order valence-corrected chi connectivity index (χ0v) is 46.1. The maximum atomic E-state index is 18.7. The van der Waals surface area contributed by atoms with E-state index in [0.29, 0.717) is 34.9 Å². The minimum Gasteiger partial charge on any atom is -0.475 e. The molecule has 1 aromatic heterocycles. The number of halogens is 1. The van der Waals surface area contributed by atoms with E-state index in [1.807, 2.05) is 52.1 Å². The van der Waals surface area contributed by atoms with Crippen LogP contribution in [0.15, 0.2) is 42.5 Å². The SMILES string of the molecule is CN1CCC[C@H]1COc1nc2c(F)c(-c3cc(OC(=O)C(C)(C)C)cc4ccccc34)c(CCC#N)cc2c(N(C(=O)OC(C)(C)C)C2C3CC2N(C(=O)OC(C)(C)C)C3)c1C#CCO[Si](C)(C)C(C)(C)C. The normalized spacial score (nSPS) is 19.3. The summed E-state index contributed by atoms with van der Waals surface area (Å²) >= 11 is 0. The zero-order chi connectivity index (χ0) is 52.9. The molecule has 72 heavy (non-hydrogen) atoms. The van der Waals surface area contributed by atoms with E-state index in [4.69, 9.17) is 28.4 Å². The Balaban J connectivity index is 1.57. The number of aryl methyl sites for hydroxylation is 1. The minimum atomic E-state index is -2.28. The van der Waals surface area contributed by atoms with Crippen LogP contribution in [0.4, 0.5) is 19.7 Å². The first-order valence-electron chi connectivity index (χ1n) is 25.3. The van der Waals surface area contributed by atoms with Gasteiger partial charge in [-0.25, -0.2) is 19.0 Å². The monoisotopic (exact) mass is 1000 g/mol. The number of nitrogens with zero attached hydrogens (tertiary/aromatic N) is 5. The first kappa shape index (κ1) is 54.0. The first-order valence-corrected chi connectivity index (χ1v) is 28.2. The van der Waals surface area contributed by atoms with Gasteiger partial charge in [0.05, 0.1) is 35.9 Å². The van der Waals surface area contributed by atoms with Crippen molar-refractivity contribution >= 4 is 53.8 Å². The van der Waals surface area contributed by atoms with Crippen LogP contribution in [0.5, 0.6) is 11.6 Å². The van der Waals surface area contributed by atoms with E-state index < -0.39 is 61.0 Å². The highest BCUT2D eigenvalue weighted by molar-refractivity contribution is 6.74. The standard InChI is InChI=1S/C57H74FN5O8Si/c1-54(2,3)51(64)69-39-29-35-21-16-17-24-40(35)42(32-39)45-36(22-18-26-59)30-43-47(46(45)58)60-50(67-34-38-23-19-27-61(38)13)41(25-20-28-68-72(14,15)57(10,11)12)49(43)63(53(66)71-56(7,8)9)48-37-31-44(48)62(33-37)52(65)70-55(4,5)6/h16-17,21,24,29-30,32,37-38,44,48H,18-19,22-23,27-28,31,33-34H2,1-15H3/t37?,38-,44?,48?/m0/s1. The predicted octanol–water partition coefficient (Wildman–Crippen LogP) is 12.2. The summed E-state index contributed by atoms with van der Waals surface area (Å²) in [4.78, 5) is 53.1. The summed E-state index contributed by atoms with van der Waals surface area (Å²) in [5, 5.41) is 11.6. The van der Waals surface area contributed by atoms with Gasteiger partial charge in [0.1, 0.15) is 34.6 Å². The molecule has 0 N–H and O–H groups in total. The molecule has 386 valence electrons. The molecule has 8 rings (SSSR count). The van der Waals surface area contributed by atoms with Crippen LogP contribution in [0.1, 0.15) is 120 Å². The molecule has 2 bridgehead atoms. The Bertz CT molecular complexity index is 2860. The van der Waals surface area contributed by atoms with E-state index in [0.717, 1.165) is 19.4 Å². The van der Waals surface area contributed by atoms with E-state index in [1.54, 1.807) is 69.5 Å². The van der Waals surface area contributed by atoms with Crippen LogP contribution < -0.4 is 14.4 Å². The maximum Gasteiger partial charge on any atom is 0.415 e. The smallest absolute Gasteiger partial charge is 0.415 e. The lowest BCUT2D eigenvalue weighted by atomic mass is 9.78. The summed E-state index contributed by atoms with van der Waals surface area (Å²) in [7, 11) is -0.243. The van der Waals surface area contributed by atoms with Gasteiger partial charge in [0.2, 0.25) is 5.88 Å². The summed E-state index contributed by atoms with van der Waals surface area (Å²) in [6.45, 7) is 28.3. The third kappa shape index (κ3) is 11.5. The summed E-state index contributed by atoms with van der Waals surface area (Å²) in [6, 6.07) is 13.8. The van der Waals surface area contributed by atoms with Gasteiger partial charge < -0.3 is 33.2 Å². The lowest BCUT2D eigenvalue weighted by Crippen LogP contribution is -2.59. The average molecular weight is 1000 g/mol. The van der Waals surface area contributed by atoms with E-state index in [-0.39, 0.29) is 82.4 Å². The molecule has 4 heterocycles. The number of carbonyl (C=O) groups excluding carboxylic acids is 3. The average Bonchev–Trinajstić information content (AvgIpc) is 3.99. The van der Waals surface area contributed by atoms with Crippen LogP contribution in [0.2, 0.25) is 18.1 Å². The molecule has 4 aliphatic rings. The number of fused-ring (bicyclic) bond motifs is 3. The van der Waals surface area contributed by atoms with Crippen molar-refractivity contribution in [2.45, 2.75) is 163 Å². The highest BCUT2D eigenvalue weighted by Crippen LogP contribution is 2.51. The lowest BCUT2D eigenvalue weighted by Gasteiger charge is -2.44. The molecular weight excluding hydrogens is 930 g/mol. The van der Waals surface area contributed by atoms with Gasteiger partial charge in [-0.15, -0.1) is 0 Å². The minimum absolute atomic E-state index is 0.0224. The largest absolute Gasteiger partial charge is 0.475 e. The van der Waals surface area contributed by atoms with Crippen molar-refractivity contribution in [3.8, 4) is 40.7 Å². The van der Waals surface area contributed by atoms with Crippen molar-refractivity contribution in [3.05, 3.63) is 59.4 Å². The third-order valence-electron chi connectivity index (χ3n) is 14.3. The molecule has 1 saturated carbocycles. The topological polar surface area (TPSA) is 144 Å². The number of hydrogen-bond acceptors (Lipinski definition) is 11. The number of esters is 1. The Morgan fingerprint density at radius 2 is 1.64 bits per heavy atom. The molecule has 4 fully saturated rings. The van der Waals surface area contributed by atoms with Gasteiger partial charge in [-0.1, -0.05) is 56.9 Å². The fraction of sp³-hybridized carbons (Fsp3) is 0.561. The highest BCUT2D eigenvalue weighted by Gasteiger charge is 2.59. The quantitative estimate of drug-likeness (QED) is 0.0613. The van der Waals surface area contributed by atoms with Crippen molar-refractivity contribution in [2.75, 3.05) is 38.3 Å². The predicted molar refractivity (Wildman–Crippen MR) is 282 cm³/mol. The van der Waals surface area contributed by atoms with E-state index in [2.05, 4.69) is 56.7 Å². The molecular formula is C57H74FN5O8Si. The second-order valence-electron chi connectivity index (χ2n) is 24.2. The number of benzene rings is 3. The molecule has 3 aromatic carbocycles. The van der Waals surface area contributed by atoms with Gasteiger partial charge in [-0.3, -0.25) is 9.69 Å². The van der Waals surface area contributed by atoms with Crippen molar-refractivity contribution < 1.29 is 42.1 Å². The third-order valence-corrected chi connectivity index (χ3v) is 18.8. The number of pyridine rings is 1. The number of nitriles is 1. The number of aromatic nitrogens is 1. The Hall–Kier alpha value is -5.74. The molecule has 1 aliphatic carbocycles. The molecule has 15 heteroatoms. The Kier molecular flexibility index (Phi) is 15.2. The van der Waals surface area contributed by atoms with Crippen molar-refractivity contribution in [1.82, 2.24) is 14.8 Å². The number of amides is 2. The van der Waals surface area contributed by atoms with E-state index >= 15 is 9.18 Å². The van der Waals surface area contributed by atoms with Crippen LogP contribution in [0.3, 0.4) is 0 Å². The zero-order valence-electron chi connectivity index (χ0n) is 45.1. The molecule has 4 atom stereocenters. The fourth-order valence-electron chi connectivity index (χ4n) is 9.43. The van der Waals surface area contributed by atoms with Gasteiger partial charge in [-0.2, -0.15) is 5.26 Å². The summed E-state index contributed by atoms with van der Waals surface area (Å²) in [5.41, 5.74) is -1.18. The molecule has 13 nitrogen and oxygen atoms in total. The second kappa shape index (κ2) is 20.3. The van der Waals surface area contributed by atoms with E-state index in [9.17, 15) is 14.9 Å². The van der Waals surface area contributed by atoms with Gasteiger partial charge in [-0.05, 0) is 160 Å². The molecule has 2 amide bonds. The molecule has 3 unspecified atom stereocenters. The Morgan fingerprint density at radius 1 is 0.944 bits per heavy atom. The fourth-order valence-corrected chi connectivity index (χ4v) is 10.3. The van der Waals surface area contributed by atoms with Crippen molar-refractivity contribution in [3.63, 3.8) is 0 Å². The second-order valence-corrected chi connectivity index (χ2v) is 29.0. The summed E-state index contributed by atoms with van der Waals surface area (Å²) in [6.07, 6.45) is 1.37. The summed E-state index contributed by atoms with van der Waals surface area (Å²) < 4.78 is 50.3. The van der Waals surface area contributed by atoms with Gasteiger partial charge >= 0.3 is 18.2 Å². The first-order chi connectivity index (χ1) is 33.5. The molecule has 4 aromatic rings. The number of hydrogen-bond donors (Lipinski definition) is 0. The van der Waals surface area contributed by atoms with Gasteiger partial charge in [0.25, 0.3) is 0 Å². The molecule has 3 aliphatic heterocycles. The van der Waals surface area contributed by atoms with Gasteiger partial charge in [0.15, 0.2) is 14.1 Å². The van der Waals surface area contributed by atoms with E-state index in [1.165, 1.54) is 0 Å². The van der Waals surface area contributed by atoms with Crippen LogP contribution >= 0.6 is 0 Å². The van der Waals surface area contributed by atoms with Crippen molar-refractivity contribution in [1.29, 1.82) is 5.26 Å². The number of likely N-dealkylation sites (tertiary alicyclic amines) is 1. The Morgan fingerprint density at radius 3 is 2.26 bits per heavy atom. The Labute approximate surface area is 426 Å². The van der Waals surface area contributed by atoms with Crippen LogP contribution in [0.25, 0.3) is 32.8 Å². The number of ether oxygens (including phenoxy) is 4. The molecule has 0 spiro atoms. The molecule has 3 saturated heterocycles.